The lowest BCUT2D eigenvalue weighted by molar-refractivity contribution is -0.157. The van der Waals surface area contributed by atoms with Crippen molar-refractivity contribution in [2.75, 3.05) is 20.8 Å². The van der Waals surface area contributed by atoms with Crippen molar-refractivity contribution < 1.29 is 19.3 Å². The molecule has 5 unspecified atom stereocenters. The first-order valence-corrected chi connectivity index (χ1v) is 5.92. The van der Waals surface area contributed by atoms with Crippen LogP contribution in [-0.2, 0) is 4.74 Å². The number of halogens is 1. The second kappa shape index (κ2) is 4.48. The fourth-order valence-electron chi connectivity index (χ4n) is 1.76. The Morgan fingerprint density at radius 2 is 2.12 bits per heavy atom. The van der Waals surface area contributed by atoms with Gasteiger partial charge in [-0.15, -0.1) is 0 Å². The maximum absolute atomic E-state index is 12.6. The third kappa shape index (κ3) is 1.92. The van der Waals surface area contributed by atoms with Crippen molar-refractivity contribution in [1.29, 1.82) is 0 Å². The van der Waals surface area contributed by atoms with Gasteiger partial charge in [0.1, 0.15) is 36.5 Å². The monoisotopic (exact) mass is 250 g/mol. The van der Waals surface area contributed by atoms with Gasteiger partial charge in [0.05, 0.1) is 0 Å². The molecule has 0 aromatic rings. The largest absolute Gasteiger partial charge is 0.388 e. The minimum absolute atomic E-state index is 0.406. The number of aliphatic hydroxyl groups is 2. The van der Waals surface area contributed by atoms with Crippen molar-refractivity contribution in [1.82, 2.24) is 4.90 Å². The minimum Gasteiger partial charge on any atom is -0.388 e. The number of hydrogen-bond donors (Lipinski definition) is 2. The van der Waals surface area contributed by atoms with E-state index in [2.05, 4.69) is 4.99 Å². The summed E-state index contributed by atoms with van der Waals surface area (Å²) >= 11 is 1.34. The Hall–Kier alpha value is -0.370. The van der Waals surface area contributed by atoms with Crippen LogP contribution >= 0.6 is 11.8 Å². The second-order valence-electron chi connectivity index (χ2n) is 4.09. The highest BCUT2D eigenvalue weighted by Gasteiger charge is 2.48. The minimum atomic E-state index is -1.21. The summed E-state index contributed by atoms with van der Waals surface area (Å²) in [5.41, 5.74) is -0.406. The molecule has 0 bridgehead atoms. The summed E-state index contributed by atoms with van der Waals surface area (Å²) in [5, 5.41) is 20.1. The zero-order chi connectivity index (χ0) is 11.9. The standard InChI is InChI=1S/C9H15FN2O3S/c1-12(2)9-11-5-7(14)6(13)4(3-10)15-8(5)16-9/h4-8,13-14H,3H2,1-2H3. The molecule has 0 amide bonds. The van der Waals surface area contributed by atoms with Crippen molar-refractivity contribution in [3.8, 4) is 0 Å². The lowest BCUT2D eigenvalue weighted by Gasteiger charge is -2.36. The summed E-state index contributed by atoms with van der Waals surface area (Å²) in [5.74, 6) is 0. The maximum Gasteiger partial charge on any atom is 0.161 e. The van der Waals surface area contributed by atoms with E-state index in [4.69, 9.17) is 4.74 Å². The van der Waals surface area contributed by atoms with Gasteiger partial charge >= 0.3 is 0 Å². The normalized spacial score (nSPS) is 42.8. The van der Waals surface area contributed by atoms with Gasteiger partial charge in [-0.2, -0.15) is 0 Å². The summed E-state index contributed by atoms with van der Waals surface area (Å²) < 4.78 is 17.9. The predicted molar refractivity (Wildman–Crippen MR) is 59.2 cm³/mol. The first-order chi connectivity index (χ1) is 7.54. The molecule has 2 N–H and O–H groups in total. The van der Waals surface area contributed by atoms with Crippen LogP contribution in [0.5, 0.6) is 0 Å². The van der Waals surface area contributed by atoms with Gasteiger partial charge < -0.3 is 19.8 Å². The fraction of sp³-hybridized carbons (Fsp3) is 0.889. The third-order valence-corrected chi connectivity index (χ3v) is 3.99. The SMILES string of the molecule is CN(C)C1=NC2C(OC(CF)C(O)C2O)S1. The van der Waals surface area contributed by atoms with Crippen molar-refractivity contribution in [3.05, 3.63) is 0 Å². The Balaban J connectivity index is 2.14. The smallest absolute Gasteiger partial charge is 0.161 e. The van der Waals surface area contributed by atoms with E-state index in [1.807, 2.05) is 14.1 Å². The predicted octanol–water partition coefficient (Wildman–Crippen LogP) is -0.564. The maximum atomic E-state index is 12.6. The molecule has 5 atom stereocenters. The van der Waals surface area contributed by atoms with Gasteiger partial charge in [0.2, 0.25) is 0 Å². The highest BCUT2D eigenvalue weighted by atomic mass is 32.2. The van der Waals surface area contributed by atoms with Gasteiger partial charge in [-0.05, 0) is 0 Å². The summed E-state index contributed by atoms with van der Waals surface area (Å²) in [6, 6.07) is -0.514. The average molecular weight is 250 g/mol. The number of ether oxygens (including phenoxy) is 1. The van der Waals surface area contributed by atoms with Gasteiger partial charge in [-0.1, -0.05) is 11.8 Å². The Kier molecular flexibility index (Phi) is 3.39. The molecule has 0 aliphatic carbocycles. The molecule has 0 aromatic heterocycles. The number of aliphatic hydroxyl groups excluding tert-OH is 2. The number of fused-ring (bicyclic) bond motifs is 1. The van der Waals surface area contributed by atoms with Crippen LogP contribution in [0.1, 0.15) is 0 Å². The molecule has 0 aromatic carbocycles. The Bertz CT molecular complexity index is 302. The molecule has 92 valence electrons. The molecule has 5 nitrogen and oxygen atoms in total. The highest BCUT2D eigenvalue weighted by molar-refractivity contribution is 8.14. The van der Waals surface area contributed by atoms with Crippen molar-refractivity contribution in [2.45, 2.75) is 29.8 Å². The molecular weight excluding hydrogens is 235 g/mol. The van der Waals surface area contributed by atoms with Crippen LogP contribution in [0, 0.1) is 0 Å². The first kappa shape index (κ1) is 12.1. The number of alkyl halides is 1. The average Bonchev–Trinajstić information content (AvgIpc) is 2.67. The summed E-state index contributed by atoms with van der Waals surface area (Å²) in [6.07, 6.45) is -3.23. The van der Waals surface area contributed by atoms with Crippen molar-refractivity contribution in [3.63, 3.8) is 0 Å². The lowest BCUT2D eigenvalue weighted by atomic mass is 9.99. The number of hydrogen-bond acceptors (Lipinski definition) is 6. The molecule has 0 spiro atoms. The molecule has 7 heteroatoms. The zero-order valence-electron chi connectivity index (χ0n) is 9.08. The van der Waals surface area contributed by atoms with Crippen LogP contribution < -0.4 is 0 Å². The van der Waals surface area contributed by atoms with Gasteiger partial charge in [-0.3, -0.25) is 4.99 Å². The zero-order valence-corrected chi connectivity index (χ0v) is 9.89. The van der Waals surface area contributed by atoms with Gasteiger partial charge in [0.15, 0.2) is 5.17 Å². The molecule has 1 fully saturated rings. The molecule has 2 rings (SSSR count). The Morgan fingerprint density at radius 1 is 1.44 bits per heavy atom. The number of nitrogens with zero attached hydrogens (tertiary/aromatic N) is 2. The molecule has 2 aliphatic rings. The van der Waals surface area contributed by atoms with E-state index >= 15 is 0 Å². The van der Waals surface area contributed by atoms with Gasteiger partial charge in [0.25, 0.3) is 0 Å². The van der Waals surface area contributed by atoms with E-state index in [0.717, 1.165) is 5.17 Å². The molecule has 1 saturated heterocycles. The number of rotatable bonds is 1. The van der Waals surface area contributed by atoms with Crippen LogP contribution in [-0.4, -0.2) is 70.8 Å². The van der Waals surface area contributed by atoms with Crippen LogP contribution in [0.4, 0.5) is 4.39 Å². The second-order valence-corrected chi connectivity index (χ2v) is 5.16. The van der Waals surface area contributed by atoms with Gasteiger partial charge in [0, 0.05) is 14.1 Å². The summed E-state index contributed by atoms with van der Waals surface area (Å²) in [4.78, 5) is 6.06. The van der Waals surface area contributed by atoms with Crippen LogP contribution in [0.2, 0.25) is 0 Å². The van der Waals surface area contributed by atoms with E-state index in [9.17, 15) is 14.6 Å². The molecular formula is C9H15FN2O3S. The quantitative estimate of drug-likeness (QED) is 0.653. The van der Waals surface area contributed by atoms with Crippen molar-refractivity contribution in [2.24, 2.45) is 4.99 Å². The van der Waals surface area contributed by atoms with Crippen LogP contribution in [0.15, 0.2) is 4.99 Å². The molecule has 2 heterocycles. The fourth-order valence-corrected chi connectivity index (χ4v) is 2.92. The number of thioether (sulfide) groups is 1. The van der Waals surface area contributed by atoms with E-state index in [-0.39, 0.29) is 0 Å². The first-order valence-electron chi connectivity index (χ1n) is 5.04. The van der Waals surface area contributed by atoms with Crippen molar-refractivity contribution >= 4 is 16.9 Å². The summed E-state index contributed by atoms with van der Waals surface area (Å²) in [7, 11) is 3.66. The molecule has 0 saturated carbocycles. The Labute approximate surface area is 97.3 Å². The van der Waals surface area contributed by atoms with Crippen LogP contribution in [0.3, 0.4) is 0 Å². The highest BCUT2D eigenvalue weighted by Crippen LogP contribution is 2.36. The van der Waals surface area contributed by atoms with E-state index in [0.29, 0.717) is 0 Å². The van der Waals surface area contributed by atoms with E-state index < -0.39 is 36.5 Å². The lowest BCUT2D eigenvalue weighted by Crippen LogP contribution is -2.55. The molecule has 0 radical (unpaired) electrons. The molecule has 2 aliphatic heterocycles. The third-order valence-electron chi connectivity index (χ3n) is 2.68. The van der Waals surface area contributed by atoms with E-state index in [1.165, 1.54) is 11.8 Å². The van der Waals surface area contributed by atoms with E-state index in [1.54, 1.807) is 4.90 Å². The van der Waals surface area contributed by atoms with Crippen LogP contribution in [0.25, 0.3) is 0 Å². The molecule has 16 heavy (non-hydrogen) atoms. The van der Waals surface area contributed by atoms with Gasteiger partial charge in [-0.25, -0.2) is 4.39 Å². The summed E-state index contributed by atoms with van der Waals surface area (Å²) in [6.45, 7) is -0.806. The number of aliphatic imine (C=N–C) groups is 1. The number of amidine groups is 1. The topological polar surface area (TPSA) is 65.3 Å². The Morgan fingerprint density at radius 3 is 2.69 bits per heavy atom.